The Kier molecular flexibility index (Phi) is 4.84. The molecule has 0 aromatic heterocycles. The summed E-state index contributed by atoms with van der Waals surface area (Å²) in [6.07, 6.45) is 4.54. The van der Waals surface area contributed by atoms with Gasteiger partial charge in [-0.05, 0) is 46.9 Å². The zero-order valence-electron chi connectivity index (χ0n) is 15.8. The molecule has 2 aliphatic rings. The lowest BCUT2D eigenvalue weighted by Gasteiger charge is -2.33. The lowest BCUT2D eigenvalue weighted by molar-refractivity contribution is -0.153. The van der Waals surface area contributed by atoms with Gasteiger partial charge in [-0.2, -0.15) is 0 Å². The first kappa shape index (κ1) is 17.3. The molecular formula is C24H28O2. The third-order valence-electron chi connectivity index (χ3n) is 6.33. The van der Waals surface area contributed by atoms with Crippen LogP contribution in [-0.2, 0) is 9.53 Å². The SMILES string of the molecule is CC(C)C1CCCCC1C(=O)OCC1c2ccccc2-c2ccccc21. The van der Waals surface area contributed by atoms with Gasteiger partial charge in [-0.25, -0.2) is 0 Å². The Morgan fingerprint density at radius 1 is 0.962 bits per heavy atom. The normalized spacial score (nSPS) is 22.1. The molecule has 1 saturated carbocycles. The summed E-state index contributed by atoms with van der Waals surface area (Å²) in [4.78, 5) is 12.9. The first-order valence-corrected chi connectivity index (χ1v) is 10.0. The molecule has 2 unspecified atom stereocenters. The van der Waals surface area contributed by atoms with E-state index in [4.69, 9.17) is 4.74 Å². The van der Waals surface area contributed by atoms with Crippen LogP contribution in [0.1, 0.15) is 56.6 Å². The number of rotatable bonds is 4. The Balaban J connectivity index is 1.52. The van der Waals surface area contributed by atoms with Crippen LogP contribution >= 0.6 is 0 Å². The van der Waals surface area contributed by atoms with Crippen molar-refractivity contribution in [3.8, 4) is 11.1 Å². The van der Waals surface area contributed by atoms with Gasteiger partial charge >= 0.3 is 5.97 Å². The number of benzene rings is 2. The molecule has 26 heavy (non-hydrogen) atoms. The molecule has 2 atom stereocenters. The molecule has 0 spiro atoms. The molecule has 0 bridgehead atoms. The number of ether oxygens (including phenoxy) is 1. The van der Waals surface area contributed by atoms with Crippen molar-refractivity contribution in [1.82, 2.24) is 0 Å². The van der Waals surface area contributed by atoms with Gasteiger partial charge in [0.1, 0.15) is 6.61 Å². The summed E-state index contributed by atoms with van der Waals surface area (Å²) >= 11 is 0. The van der Waals surface area contributed by atoms with Gasteiger partial charge in [0, 0.05) is 5.92 Å². The quantitative estimate of drug-likeness (QED) is 0.652. The highest BCUT2D eigenvalue weighted by Gasteiger charge is 2.35. The lowest BCUT2D eigenvalue weighted by Crippen LogP contribution is -2.32. The van der Waals surface area contributed by atoms with Gasteiger partial charge < -0.3 is 4.74 Å². The summed E-state index contributed by atoms with van der Waals surface area (Å²) in [5.41, 5.74) is 5.12. The average Bonchev–Trinajstić information content (AvgIpc) is 3.00. The number of fused-ring (bicyclic) bond motifs is 3. The molecule has 2 nitrogen and oxygen atoms in total. The Bertz CT molecular complexity index is 747. The largest absolute Gasteiger partial charge is 0.464 e. The van der Waals surface area contributed by atoms with Crippen molar-refractivity contribution in [3.63, 3.8) is 0 Å². The van der Waals surface area contributed by atoms with E-state index in [-0.39, 0.29) is 17.8 Å². The van der Waals surface area contributed by atoms with E-state index in [1.165, 1.54) is 28.7 Å². The molecule has 1 fully saturated rings. The van der Waals surface area contributed by atoms with Crippen molar-refractivity contribution >= 4 is 5.97 Å². The zero-order valence-corrected chi connectivity index (χ0v) is 15.8. The van der Waals surface area contributed by atoms with Crippen LogP contribution in [-0.4, -0.2) is 12.6 Å². The molecule has 2 heteroatoms. The Morgan fingerprint density at radius 3 is 2.15 bits per heavy atom. The summed E-state index contributed by atoms with van der Waals surface area (Å²) < 4.78 is 5.92. The highest BCUT2D eigenvalue weighted by Crippen LogP contribution is 2.45. The van der Waals surface area contributed by atoms with Gasteiger partial charge in [0.25, 0.3) is 0 Å². The third-order valence-corrected chi connectivity index (χ3v) is 6.33. The minimum absolute atomic E-state index is 0.0188. The molecule has 136 valence electrons. The van der Waals surface area contributed by atoms with Crippen LogP contribution in [0.3, 0.4) is 0 Å². The van der Waals surface area contributed by atoms with Gasteiger partial charge in [0.2, 0.25) is 0 Å². The van der Waals surface area contributed by atoms with Crippen molar-refractivity contribution < 1.29 is 9.53 Å². The number of hydrogen-bond acceptors (Lipinski definition) is 2. The molecule has 0 N–H and O–H groups in total. The van der Waals surface area contributed by atoms with Gasteiger partial charge in [0.15, 0.2) is 0 Å². The van der Waals surface area contributed by atoms with Crippen LogP contribution < -0.4 is 0 Å². The second-order valence-electron chi connectivity index (χ2n) is 8.16. The highest BCUT2D eigenvalue weighted by molar-refractivity contribution is 5.79. The molecule has 2 aromatic rings. The molecule has 2 aromatic carbocycles. The topological polar surface area (TPSA) is 26.3 Å². The molecular weight excluding hydrogens is 320 g/mol. The van der Waals surface area contributed by atoms with E-state index in [0.29, 0.717) is 18.4 Å². The summed E-state index contributed by atoms with van der Waals surface area (Å²) in [6.45, 7) is 4.92. The minimum atomic E-state index is 0.0188. The van der Waals surface area contributed by atoms with Crippen LogP contribution in [0.25, 0.3) is 11.1 Å². The number of carbonyl (C=O) groups is 1. The fourth-order valence-corrected chi connectivity index (χ4v) is 4.96. The summed E-state index contributed by atoms with van der Waals surface area (Å²) in [7, 11) is 0. The van der Waals surface area contributed by atoms with Gasteiger partial charge in [0.05, 0.1) is 5.92 Å². The van der Waals surface area contributed by atoms with E-state index >= 15 is 0 Å². The molecule has 0 radical (unpaired) electrons. The maximum absolute atomic E-state index is 12.9. The van der Waals surface area contributed by atoms with Crippen molar-refractivity contribution in [2.24, 2.45) is 17.8 Å². The predicted molar refractivity (Wildman–Crippen MR) is 105 cm³/mol. The summed E-state index contributed by atoms with van der Waals surface area (Å²) in [5.74, 6) is 1.27. The minimum Gasteiger partial charge on any atom is -0.464 e. The molecule has 2 aliphatic carbocycles. The van der Waals surface area contributed by atoms with E-state index < -0.39 is 0 Å². The lowest BCUT2D eigenvalue weighted by atomic mass is 9.73. The third kappa shape index (κ3) is 3.06. The first-order valence-electron chi connectivity index (χ1n) is 10.0. The van der Waals surface area contributed by atoms with Crippen molar-refractivity contribution in [1.29, 1.82) is 0 Å². The van der Waals surface area contributed by atoms with Gasteiger partial charge in [-0.1, -0.05) is 75.2 Å². The average molecular weight is 348 g/mol. The van der Waals surface area contributed by atoms with Crippen LogP contribution in [0.15, 0.2) is 48.5 Å². The van der Waals surface area contributed by atoms with Gasteiger partial charge in [-0.15, -0.1) is 0 Å². The maximum atomic E-state index is 12.9. The van der Waals surface area contributed by atoms with Crippen LogP contribution in [0.4, 0.5) is 0 Å². The molecule has 0 amide bonds. The van der Waals surface area contributed by atoms with Crippen molar-refractivity contribution in [3.05, 3.63) is 59.7 Å². The second-order valence-corrected chi connectivity index (χ2v) is 8.16. The van der Waals surface area contributed by atoms with E-state index in [1.54, 1.807) is 0 Å². The second kappa shape index (κ2) is 7.26. The maximum Gasteiger partial charge on any atom is 0.309 e. The fraction of sp³-hybridized carbons (Fsp3) is 0.458. The number of carbonyl (C=O) groups excluding carboxylic acids is 1. The van der Waals surface area contributed by atoms with Crippen LogP contribution in [0, 0.1) is 17.8 Å². The summed E-state index contributed by atoms with van der Waals surface area (Å²) in [5, 5.41) is 0. The summed E-state index contributed by atoms with van der Waals surface area (Å²) in [6, 6.07) is 17.0. The van der Waals surface area contributed by atoms with Gasteiger partial charge in [-0.3, -0.25) is 4.79 Å². The van der Waals surface area contributed by atoms with E-state index in [9.17, 15) is 4.79 Å². The smallest absolute Gasteiger partial charge is 0.309 e. The fourth-order valence-electron chi connectivity index (χ4n) is 4.96. The number of hydrogen-bond donors (Lipinski definition) is 0. The van der Waals surface area contributed by atoms with E-state index in [2.05, 4.69) is 62.4 Å². The van der Waals surface area contributed by atoms with Crippen molar-refractivity contribution in [2.45, 2.75) is 45.4 Å². The van der Waals surface area contributed by atoms with E-state index in [0.717, 1.165) is 19.3 Å². The zero-order chi connectivity index (χ0) is 18.1. The molecule has 0 heterocycles. The Hall–Kier alpha value is -2.09. The molecule has 4 rings (SSSR count). The van der Waals surface area contributed by atoms with E-state index in [1.807, 2.05) is 0 Å². The molecule has 0 aliphatic heterocycles. The highest BCUT2D eigenvalue weighted by atomic mass is 16.5. The molecule has 0 saturated heterocycles. The monoisotopic (exact) mass is 348 g/mol. The predicted octanol–water partition coefficient (Wildman–Crippen LogP) is 5.80. The Morgan fingerprint density at radius 2 is 1.54 bits per heavy atom. The number of esters is 1. The van der Waals surface area contributed by atoms with Crippen LogP contribution in [0.5, 0.6) is 0 Å². The standard InChI is InChI=1S/C24H28O2/c1-16(2)17-9-3-8-14-22(17)24(25)26-15-23-20-12-6-4-10-18(20)19-11-5-7-13-21(19)23/h4-7,10-13,16-17,22-23H,3,8-9,14-15H2,1-2H3. The van der Waals surface area contributed by atoms with Crippen molar-refractivity contribution in [2.75, 3.05) is 6.61 Å². The Labute approximate surface area is 156 Å². The first-order chi connectivity index (χ1) is 12.7. The van der Waals surface area contributed by atoms with Crippen LogP contribution in [0.2, 0.25) is 0 Å².